The molecular weight excluding hydrogens is 737 g/mol. The normalized spacial score (nSPS) is 13.4. The number of hydrogen-bond donors (Lipinski definition) is 0. The molecule has 1 spiro atoms. The van der Waals surface area contributed by atoms with Crippen LogP contribution in [-0.4, -0.2) is 9.97 Å². The number of rotatable bonds is 3. The maximum absolute atomic E-state index is 6.61. The van der Waals surface area contributed by atoms with Crippen LogP contribution in [0.5, 0.6) is 11.5 Å². The van der Waals surface area contributed by atoms with Gasteiger partial charge in [-0.15, -0.1) is 11.3 Å². The van der Waals surface area contributed by atoms with Crippen LogP contribution in [0.3, 0.4) is 0 Å². The van der Waals surface area contributed by atoms with Crippen molar-refractivity contribution < 1.29 is 4.74 Å². The first-order valence-corrected chi connectivity index (χ1v) is 20.9. The van der Waals surface area contributed by atoms with Crippen molar-refractivity contribution in [3.63, 3.8) is 0 Å². The van der Waals surface area contributed by atoms with Crippen molar-refractivity contribution in [1.82, 2.24) is 9.97 Å². The fraction of sp³-hybridized carbons (Fsp3) is 0.0182. The summed E-state index contributed by atoms with van der Waals surface area (Å²) in [4.78, 5) is 10.5. The van der Waals surface area contributed by atoms with Gasteiger partial charge in [-0.3, -0.25) is 0 Å². The van der Waals surface area contributed by atoms with Crippen molar-refractivity contribution in [2.75, 3.05) is 0 Å². The first-order valence-electron chi connectivity index (χ1n) is 20.0. The Hall–Kier alpha value is -7.40. The number of benzene rings is 9. The van der Waals surface area contributed by atoms with Crippen molar-refractivity contribution in [1.29, 1.82) is 0 Å². The van der Waals surface area contributed by atoms with Crippen LogP contribution in [0.2, 0.25) is 0 Å². The van der Waals surface area contributed by atoms with E-state index >= 15 is 0 Å². The monoisotopic (exact) mass is 768 g/mol. The number of aromatic nitrogens is 2. The van der Waals surface area contributed by atoms with Crippen LogP contribution in [0, 0.1) is 0 Å². The summed E-state index contributed by atoms with van der Waals surface area (Å²) in [6.45, 7) is 0. The van der Waals surface area contributed by atoms with Gasteiger partial charge in [-0.05, 0) is 97.4 Å². The molecule has 1 aliphatic carbocycles. The lowest BCUT2D eigenvalue weighted by atomic mass is 9.66. The molecule has 0 saturated carbocycles. The van der Waals surface area contributed by atoms with E-state index in [0.717, 1.165) is 55.3 Å². The van der Waals surface area contributed by atoms with Gasteiger partial charge in [-0.25, -0.2) is 9.97 Å². The summed E-state index contributed by atoms with van der Waals surface area (Å²) < 4.78 is 8.92. The third-order valence-electron chi connectivity index (χ3n) is 12.5. The summed E-state index contributed by atoms with van der Waals surface area (Å²) in [5.41, 5.74) is 13.3. The highest BCUT2D eigenvalue weighted by Gasteiger charge is 2.51. The predicted molar refractivity (Wildman–Crippen MR) is 244 cm³/mol. The third kappa shape index (κ3) is 4.69. The van der Waals surface area contributed by atoms with Crippen molar-refractivity contribution in [2.24, 2.45) is 0 Å². The second-order valence-corrected chi connectivity index (χ2v) is 16.7. The van der Waals surface area contributed by atoms with E-state index in [1.165, 1.54) is 65.2 Å². The molecule has 2 aromatic heterocycles. The molecule has 0 unspecified atom stereocenters. The van der Waals surface area contributed by atoms with E-state index in [0.29, 0.717) is 0 Å². The molecule has 13 rings (SSSR count). The molecule has 0 saturated heterocycles. The Bertz CT molecular complexity index is 3500. The number of thiophene rings is 1. The van der Waals surface area contributed by atoms with Crippen LogP contribution in [0.4, 0.5) is 0 Å². The Kier molecular flexibility index (Phi) is 6.81. The Morgan fingerprint density at radius 3 is 1.78 bits per heavy atom. The van der Waals surface area contributed by atoms with E-state index in [-0.39, 0.29) is 0 Å². The molecule has 2 aliphatic rings. The number of fused-ring (bicyclic) bond motifs is 14. The fourth-order valence-electron chi connectivity index (χ4n) is 9.83. The minimum atomic E-state index is -0.520. The molecule has 4 heteroatoms. The zero-order valence-electron chi connectivity index (χ0n) is 31.7. The molecule has 0 amide bonds. The maximum Gasteiger partial charge on any atom is 0.160 e. The Balaban J connectivity index is 0.979. The molecule has 9 aromatic carbocycles. The van der Waals surface area contributed by atoms with Gasteiger partial charge in [0.25, 0.3) is 0 Å². The van der Waals surface area contributed by atoms with Gasteiger partial charge >= 0.3 is 0 Å². The number of ether oxygens (including phenoxy) is 1. The van der Waals surface area contributed by atoms with Gasteiger partial charge in [-0.2, -0.15) is 0 Å². The van der Waals surface area contributed by atoms with Crippen molar-refractivity contribution >= 4 is 53.2 Å². The highest BCUT2D eigenvalue weighted by atomic mass is 32.1. The van der Waals surface area contributed by atoms with Crippen LogP contribution in [0.1, 0.15) is 22.3 Å². The van der Waals surface area contributed by atoms with Gasteiger partial charge in [0, 0.05) is 32.3 Å². The molecule has 0 radical (unpaired) electrons. The van der Waals surface area contributed by atoms with Gasteiger partial charge in [0.1, 0.15) is 11.5 Å². The molecule has 11 aromatic rings. The highest BCUT2D eigenvalue weighted by Crippen LogP contribution is 2.62. The van der Waals surface area contributed by atoms with Gasteiger partial charge in [0.05, 0.1) is 21.3 Å². The standard InChI is InChI=1S/C55H32N2OS/c1-2-12-36-29-40(26-23-33(36)11-1)54-56-51(53-52(57-54)41-15-5-10-20-50(41)59-53)35-24-21-34(22-25-35)39-27-28-44-42(31-39)43-30-37-13-3-4-14-38(37)32-47(43)55(44)45-16-6-8-18-48(45)58-49-19-9-7-17-46(49)55/h1-32H. The average molecular weight is 769 g/mol. The molecule has 0 bridgehead atoms. The summed E-state index contributed by atoms with van der Waals surface area (Å²) in [6, 6.07) is 70.2. The minimum Gasteiger partial charge on any atom is -0.457 e. The molecule has 0 N–H and O–H groups in total. The van der Waals surface area contributed by atoms with Crippen LogP contribution < -0.4 is 4.74 Å². The third-order valence-corrected chi connectivity index (χ3v) is 13.7. The zero-order valence-corrected chi connectivity index (χ0v) is 32.5. The smallest absolute Gasteiger partial charge is 0.160 e. The van der Waals surface area contributed by atoms with E-state index in [1.54, 1.807) is 11.3 Å². The van der Waals surface area contributed by atoms with Crippen LogP contribution >= 0.6 is 11.3 Å². The SMILES string of the molecule is c1ccc2c(c1)Oc1ccccc1C21c2ccc(-c3ccc(-c4nc(-c5ccc6ccccc6c5)nc5c4sc4ccccc45)cc3)cc2-c2cc3ccccc3cc21. The largest absolute Gasteiger partial charge is 0.457 e. The van der Waals surface area contributed by atoms with Crippen molar-refractivity contribution in [3.05, 3.63) is 216 Å². The van der Waals surface area contributed by atoms with E-state index in [4.69, 9.17) is 14.7 Å². The second-order valence-electron chi connectivity index (χ2n) is 15.7. The summed E-state index contributed by atoms with van der Waals surface area (Å²) in [7, 11) is 0. The van der Waals surface area contributed by atoms with Crippen LogP contribution in [0.25, 0.3) is 86.7 Å². The number of para-hydroxylation sites is 2. The molecule has 274 valence electrons. The van der Waals surface area contributed by atoms with Crippen molar-refractivity contribution in [2.45, 2.75) is 5.41 Å². The molecule has 3 heterocycles. The zero-order chi connectivity index (χ0) is 38.7. The first-order chi connectivity index (χ1) is 29.2. The predicted octanol–water partition coefficient (Wildman–Crippen LogP) is 14.6. The molecule has 3 nitrogen and oxygen atoms in total. The maximum atomic E-state index is 6.61. The first kappa shape index (κ1) is 32.7. The topological polar surface area (TPSA) is 35.0 Å². The molecule has 0 fully saturated rings. The van der Waals surface area contributed by atoms with Gasteiger partial charge in [0.2, 0.25) is 0 Å². The van der Waals surface area contributed by atoms with E-state index < -0.39 is 5.41 Å². The van der Waals surface area contributed by atoms with Gasteiger partial charge in [0.15, 0.2) is 5.82 Å². The van der Waals surface area contributed by atoms with E-state index in [1.807, 2.05) is 0 Å². The van der Waals surface area contributed by atoms with Gasteiger partial charge < -0.3 is 4.74 Å². The highest BCUT2D eigenvalue weighted by molar-refractivity contribution is 7.26. The molecule has 59 heavy (non-hydrogen) atoms. The summed E-state index contributed by atoms with van der Waals surface area (Å²) in [5.74, 6) is 2.54. The Labute approximate surface area is 344 Å². The summed E-state index contributed by atoms with van der Waals surface area (Å²) in [6.07, 6.45) is 0. The summed E-state index contributed by atoms with van der Waals surface area (Å²) >= 11 is 1.76. The van der Waals surface area contributed by atoms with Crippen molar-refractivity contribution in [3.8, 4) is 56.4 Å². The molecule has 1 aliphatic heterocycles. The lowest BCUT2D eigenvalue weighted by molar-refractivity contribution is 0.436. The lowest BCUT2D eigenvalue weighted by Gasteiger charge is -2.39. The Morgan fingerprint density at radius 2 is 1.00 bits per heavy atom. The quantitative estimate of drug-likeness (QED) is 0.180. The minimum absolute atomic E-state index is 0.520. The number of hydrogen-bond acceptors (Lipinski definition) is 4. The van der Waals surface area contributed by atoms with Gasteiger partial charge in [-0.1, -0.05) is 152 Å². The number of nitrogens with zero attached hydrogens (tertiary/aromatic N) is 2. The molecular formula is C55H32N2OS. The van der Waals surface area contributed by atoms with E-state index in [9.17, 15) is 0 Å². The van der Waals surface area contributed by atoms with Crippen LogP contribution in [-0.2, 0) is 5.41 Å². The molecule has 0 atom stereocenters. The second kappa shape index (κ2) is 12.3. The average Bonchev–Trinajstić information content (AvgIpc) is 3.81. The fourth-order valence-corrected chi connectivity index (χ4v) is 11.0. The van der Waals surface area contributed by atoms with Crippen LogP contribution in [0.15, 0.2) is 194 Å². The van der Waals surface area contributed by atoms with E-state index in [2.05, 4.69) is 194 Å². The summed E-state index contributed by atoms with van der Waals surface area (Å²) in [5, 5.41) is 6.01. The Morgan fingerprint density at radius 1 is 0.407 bits per heavy atom. The lowest BCUT2D eigenvalue weighted by Crippen LogP contribution is -2.32.